The topological polar surface area (TPSA) is 43.4 Å². The molecule has 0 atom stereocenters. The molecule has 0 spiro atoms. The van der Waals surface area contributed by atoms with Crippen LogP contribution in [0.3, 0.4) is 0 Å². The summed E-state index contributed by atoms with van der Waals surface area (Å²) in [6, 6.07) is 37.0. The molecule has 5 heteroatoms. The zero-order valence-electron chi connectivity index (χ0n) is 17.2. The average molecular weight is 446 g/mol. The lowest BCUT2D eigenvalue weighted by atomic mass is 10.4. The van der Waals surface area contributed by atoms with E-state index < -0.39 is 19.9 Å². The van der Waals surface area contributed by atoms with Crippen LogP contribution in [0.25, 0.3) is 0 Å². The third-order valence-electron chi connectivity index (χ3n) is 5.39. The smallest absolute Gasteiger partial charge is 0.178 e. The molecule has 4 aromatic carbocycles. The van der Waals surface area contributed by atoms with Crippen molar-refractivity contribution in [3.05, 3.63) is 121 Å². The van der Waals surface area contributed by atoms with Gasteiger partial charge in [-0.05, 0) is 0 Å². The van der Waals surface area contributed by atoms with E-state index in [4.69, 9.17) is 4.74 Å². The van der Waals surface area contributed by atoms with Gasteiger partial charge in [0.2, 0.25) is 0 Å². The maximum Gasteiger partial charge on any atom is 0.178 e. The first-order valence-electron chi connectivity index (χ1n) is 10.1. The van der Waals surface area contributed by atoms with E-state index >= 15 is 9.13 Å². The van der Waals surface area contributed by atoms with Gasteiger partial charge in [0.05, 0.1) is 0 Å². The molecule has 3 nitrogen and oxygen atoms in total. The highest BCUT2D eigenvalue weighted by molar-refractivity contribution is 7.94. The Labute approximate surface area is 183 Å². The summed E-state index contributed by atoms with van der Waals surface area (Å²) in [6.07, 6.45) is 0. The zero-order chi connectivity index (χ0) is 21.7. The molecule has 0 saturated heterocycles. The van der Waals surface area contributed by atoms with Gasteiger partial charge in [-0.3, -0.25) is 0 Å². The molecule has 0 aromatic heterocycles. The predicted molar refractivity (Wildman–Crippen MR) is 130 cm³/mol. The molecule has 0 aliphatic heterocycles. The van der Waals surface area contributed by atoms with E-state index in [0.29, 0.717) is 21.2 Å². The summed E-state index contributed by atoms with van der Waals surface area (Å²) in [5, 5.41) is 2.50. The fourth-order valence-corrected chi connectivity index (χ4v) is 12.0. The molecule has 0 aliphatic rings. The molecule has 0 aliphatic carbocycles. The molecule has 0 unspecified atom stereocenters. The molecule has 156 valence electrons. The summed E-state index contributed by atoms with van der Waals surface area (Å²) in [6.45, 7) is 0. The molecular formula is C26H24O3P2. The van der Waals surface area contributed by atoms with Crippen molar-refractivity contribution in [1.29, 1.82) is 0 Å². The first-order chi connectivity index (χ1) is 15.1. The van der Waals surface area contributed by atoms with Crippen molar-refractivity contribution >= 4 is 35.5 Å². The molecule has 0 N–H and O–H groups in total. The largest absolute Gasteiger partial charge is 0.365 e. The van der Waals surface area contributed by atoms with Crippen LogP contribution in [-0.2, 0) is 13.9 Å². The van der Waals surface area contributed by atoms with Crippen LogP contribution in [0.15, 0.2) is 121 Å². The van der Waals surface area contributed by atoms with Gasteiger partial charge < -0.3 is 13.9 Å². The van der Waals surface area contributed by atoms with Crippen LogP contribution >= 0.6 is 14.3 Å². The quantitative estimate of drug-likeness (QED) is 0.378. The van der Waals surface area contributed by atoms with Crippen molar-refractivity contribution in [1.82, 2.24) is 0 Å². The third-order valence-corrected chi connectivity index (χ3v) is 13.3. The highest BCUT2D eigenvalue weighted by Crippen LogP contribution is 2.66. The SMILES string of the molecule is COC(P(=O)(c1ccccc1)c1ccccc1)P(=O)(c1ccccc1)c1ccccc1. The molecule has 0 bridgehead atoms. The van der Waals surface area contributed by atoms with Crippen molar-refractivity contribution in [2.24, 2.45) is 0 Å². The van der Waals surface area contributed by atoms with Crippen LogP contribution in [0.2, 0.25) is 0 Å². The van der Waals surface area contributed by atoms with E-state index in [0.717, 1.165) is 0 Å². The van der Waals surface area contributed by atoms with Crippen LogP contribution < -0.4 is 21.2 Å². The summed E-state index contributed by atoms with van der Waals surface area (Å²) in [4.78, 5) is 0. The fourth-order valence-electron chi connectivity index (χ4n) is 3.93. The van der Waals surface area contributed by atoms with Gasteiger partial charge in [0.1, 0.15) is 0 Å². The Bertz CT molecular complexity index is 1030. The maximum absolute atomic E-state index is 15.0. The minimum atomic E-state index is -3.47. The second kappa shape index (κ2) is 9.20. The lowest BCUT2D eigenvalue weighted by Gasteiger charge is -2.34. The van der Waals surface area contributed by atoms with E-state index in [1.807, 2.05) is 121 Å². The van der Waals surface area contributed by atoms with Gasteiger partial charge >= 0.3 is 0 Å². The van der Waals surface area contributed by atoms with Gasteiger partial charge in [0.25, 0.3) is 0 Å². The number of benzene rings is 4. The van der Waals surface area contributed by atoms with Gasteiger partial charge in [-0.1, -0.05) is 121 Å². The average Bonchev–Trinajstić information content (AvgIpc) is 2.86. The van der Waals surface area contributed by atoms with Gasteiger partial charge in [0, 0.05) is 28.3 Å². The van der Waals surface area contributed by atoms with Crippen LogP contribution in [0, 0.1) is 0 Å². The second-order valence-electron chi connectivity index (χ2n) is 7.22. The van der Waals surface area contributed by atoms with Crippen LogP contribution in [0.1, 0.15) is 0 Å². The summed E-state index contributed by atoms with van der Waals surface area (Å²) in [7, 11) is -5.44. The Morgan fingerprint density at radius 1 is 0.484 bits per heavy atom. The first-order valence-corrected chi connectivity index (χ1v) is 13.6. The summed E-state index contributed by atoms with van der Waals surface area (Å²) >= 11 is 0. The molecule has 0 fully saturated rings. The zero-order valence-corrected chi connectivity index (χ0v) is 19.0. The molecule has 0 amide bonds. The van der Waals surface area contributed by atoms with Crippen LogP contribution in [-0.4, -0.2) is 12.7 Å². The highest BCUT2D eigenvalue weighted by atomic mass is 31.2. The normalized spacial score (nSPS) is 12.1. The van der Waals surface area contributed by atoms with Crippen molar-refractivity contribution < 1.29 is 13.9 Å². The van der Waals surface area contributed by atoms with E-state index in [1.165, 1.54) is 7.11 Å². The van der Waals surface area contributed by atoms with Gasteiger partial charge in [-0.25, -0.2) is 0 Å². The summed E-state index contributed by atoms with van der Waals surface area (Å²) < 4.78 is 36.1. The van der Waals surface area contributed by atoms with Gasteiger partial charge in [-0.15, -0.1) is 0 Å². The monoisotopic (exact) mass is 446 g/mol. The lowest BCUT2D eigenvalue weighted by Crippen LogP contribution is -2.34. The van der Waals surface area contributed by atoms with E-state index in [2.05, 4.69) is 0 Å². The number of rotatable bonds is 7. The Morgan fingerprint density at radius 3 is 0.903 bits per heavy atom. The molecule has 31 heavy (non-hydrogen) atoms. The van der Waals surface area contributed by atoms with Crippen LogP contribution in [0.4, 0.5) is 0 Å². The summed E-state index contributed by atoms with van der Waals surface area (Å²) in [5.41, 5.74) is -1.05. The van der Waals surface area contributed by atoms with Gasteiger partial charge in [0.15, 0.2) is 19.9 Å². The standard InChI is InChI=1S/C26H24O3P2/c1-29-26(30(27,22-14-6-2-7-15-22)23-16-8-3-9-17-23)31(28,24-18-10-4-11-19-24)25-20-12-5-13-21-25/h2-21,26H,1H3. The van der Waals surface area contributed by atoms with E-state index in [9.17, 15) is 0 Å². The first kappa shape index (κ1) is 21.5. The fraction of sp³-hybridized carbons (Fsp3) is 0.0769. The minimum absolute atomic E-state index is 0.625. The lowest BCUT2D eigenvalue weighted by molar-refractivity contribution is 0.218. The Balaban J connectivity index is 2.05. The Kier molecular flexibility index (Phi) is 6.39. The minimum Gasteiger partial charge on any atom is -0.365 e. The molecule has 0 radical (unpaired) electrons. The highest BCUT2D eigenvalue weighted by Gasteiger charge is 2.50. The third kappa shape index (κ3) is 3.86. The number of hydrogen-bond acceptors (Lipinski definition) is 3. The van der Waals surface area contributed by atoms with Crippen LogP contribution in [0.5, 0.6) is 0 Å². The number of methoxy groups -OCH3 is 1. The van der Waals surface area contributed by atoms with E-state index in [-0.39, 0.29) is 0 Å². The summed E-state index contributed by atoms with van der Waals surface area (Å²) in [5.74, 6) is 0. The maximum atomic E-state index is 15.0. The molecule has 0 saturated carbocycles. The Morgan fingerprint density at radius 2 is 0.710 bits per heavy atom. The number of hydrogen-bond donors (Lipinski definition) is 0. The molecule has 0 heterocycles. The van der Waals surface area contributed by atoms with E-state index in [1.54, 1.807) is 0 Å². The molecular weight excluding hydrogens is 422 g/mol. The Hall–Kier alpha value is -2.70. The predicted octanol–water partition coefficient (Wildman–Crippen LogP) is 4.94. The molecule has 4 aromatic rings. The van der Waals surface area contributed by atoms with Gasteiger partial charge in [-0.2, -0.15) is 0 Å². The second-order valence-corrected chi connectivity index (χ2v) is 13.3. The van der Waals surface area contributed by atoms with Crippen molar-refractivity contribution in [2.45, 2.75) is 5.59 Å². The molecule has 4 rings (SSSR count). The van der Waals surface area contributed by atoms with Crippen molar-refractivity contribution in [3.63, 3.8) is 0 Å². The number of ether oxygens (including phenoxy) is 1. The van der Waals surface area contributed by atoms with Crippen molar-refractivity contribution in [2.75, 3.05) is 7.11 Å². The van der Waals surface area contributed by atoms with Crippen molar-refractivity contribution in [3.8, 4) is 0 Å².